The zero-order chi connectivity index (χ0) is 13.5. The van der Waals surface area contributed by atoms with Crippen LogP contribution >= 0.6 is 0 Å². The zero-order valence-corrected chi connectivity index (χ0v) is 11.8. The van der Waals surface area contributed by atoms with Crippen LogP contribution in [0.25, 0.3) is 0 Å². The summed E-state index contributed by atoms with van der Waals surface area (Å²) in [7, 11) is 1.92. The minimum atomic E-state index is 0.0983. The predicted molar refractivity (Wildman–Crippen MR) is 75.7 cm³/mol. The van der Waals surface area contributed by atoms with Crippen molar-refractivity contribution in [2.24, 2.45) is 5.92 Å². The number of carbonyl (C=O) groups is 1. The topological polar surface area (TPSA) is 41.1 Å². The Hall–Kier alpha value is -1.35. The summed E-state index contributed by atoms with van der Waals surface area (Å²) in [5, 5.41) is 6.07. The average molecular weight is 248 g/mol. The molecule has 0 spiro atoms. The molecule has 0 bridgehead atoms. The third-order valence-electron chi connectivity index (χ3n) is 3.14. The molecule has 3 nitrogen and oxygen atoms in total. The quantitative estimate of drug-likeness (QED) is 0.806. The van der Waals surface area contributed by atoms with Crippen LogP contribution < -0.4 is 10.6 Å². The number of rotatable bonds is 6. The maximum Gasteiger partial charge on any atom is 0.224 e. The molecule has 18 heavy (non-hydrogen) atoms. The standard InChI is InChI=1S/C15H24N2O/c1-11(9-16-4)10-17-15(18)8-14-6-5-12(2)13(3)7-14/h5-7,11,16H,8-10H2,1-4H3,(H,17,18). The molecule has 100 valence electrons. The summed E-state index contributed by atoms with van der Waals surface area (Å²) in [5.74, 6) is 0.555. The molecule has 1 unspecified atom stereocenters. The Bertz CT molecular complexity index is 401. The number of hydrogen-bond donors (Lipinski definition) is 2. The molecule has 1 atom stereocenters. The smallest absolute Gasteiger partial charge is 0.224 e. The number of hydrogen-bond acceptors (Lipinski definition) is 2. The molecule has 0 heterocycles. The van der Waals surface area contributed by atoms with E-state index in [-0.39, 0.29) is 5.91 Å². The SMILES string of the molecule is CNCC(C)CNC(=O)Cc1ccc(C)c(C)c1. The first kappa shape index (κ1) is 14.7. The lowest BCUT2D eigenvalue weighted by molar-refractivity contribution is -0.120. The molecule has 1 amide bonds. The van der Waals surface area contributed by atoms with Crippen molar-refractivity contribution in [2.75, 3.05) is 20.1 Å². The van der Waals surface area contributed by atoms with Crippen molar-refractivity contribution in [3.63, 3.8) is 0 Å². The highest BCUT2D eigenvalue weighted by molar-refractivity contribution is 5.78. The van der Waals surface area contributed by atoms with E-state index in [1.54, 1.807) is 0 Å². The van der Waals surface area contributed by atoms with Crippen molar-refractivity contribution in [1.29, 1.82) is 0 Å². The van der Waals surface area contributed by atoms with Crippen LogP contribution in [-0.2, 0) is 11.2 Å². The van der Waals surface area contributed by atoms with Gasteiger partial charge >= 0.3 is 0 Å². The van der Waals surface area contributed by atoms with Gasteiger partial charge in [0.15, 0.2) is 0 Å². The van der Waals surface area contributed by atoms with Crippen LogP contribution in [0.5, 0.6) is 0 Å². The van der Waals surface area contributed by atoms with Crippen LogP contribution in [0, 0.1) is 19.8 Å². The summed E-state index contributed by atoms with van der Waals surface area (Å²) in [6.45, 7) is 7.92. The lowest BCUT2D eigenvalue weighted by atomic mass is 10.0. The maximum atomic E-state index is 11.8. The number of amides is 1. The number of nitrogens with one attached hydrogen (secondary N) is 2. The fourth-order valence-corrected chi connectivity index (χ4v) is 1.87. The summed E-state index contributed by atoms with van der Waals surface area (Å²) >= 11 is 0. The van der Waals surface area contributed by atoms with Crippen LogP contribution in [0.1, 0.15) is 23.6 Å². The number of aryl methyl sites for hydroxylation is 2. The van der Waals surface area contributed by atoms with Gasteiger partial charge in [-0.05, 0) is 50.0 Å². The second-order valence-corrected chi connectivity index (χ2v) is 5.06. The van der Waals surface area contributed by atoms with Crippen molar-refractivity contribution in [3.05, 3.63) is 34.9 Å². The van der Waals surface area contributed by atoms with E-state index >= 15 is 0 Å². The van der Waals surface area contributed by atoms with E-state index in [4.69, 9.17) is 0 Å². The van der Waals surface area contributed by atoms with Crippen molar-refractivity contribution in [3.8, 4) is 0 Å². The van der Waals surface area contributed by atoms with Gasteiger partial charge in [-0.2, -0.15) is 0 Å². The molecular weight excluding hydrogens is 224 g/mol. The second kappa shape index (κ2) is 7.17. The zero-order valence-electron chi connectivity index (χ0n) is 11.8. The Morgan fingerprint density at radius 1 is 1.22 bits per heavy atom. The fourth-order valence-electron chi connectivity index (χ4n) is 1.87. The Labute approximate surface area is 110 Å². The van der Waals surface area contributed by atoms with Crippen LogP contribution in [-0.4, -0.2) is 26.0 Å². The van der Waals surface area contributed by atoms with Gasteiger partial charge in [0.25, 0.3) is 0 Å². The van der Waals surface area contributed by atoms with Crippen molar-refractivity contribution < 1.29 is 4.79 Å². The van der Waals surface area contributed by atoms with Crippen molar-refractivity contribution in [2.45, 2.75) is 27.2 Å². The Balaban J connectivity index is 2.42. The molecule has 0 radical (unpaired) electrons. The van der Waals surface area contributed by atoms with E-state index in [2.05, 4.69) is 43.5 Å². The molecule has 0 saturated heterocycles. The minimum absolute atomic E-state index is 0.0983. The van der Waals surface area contributed by atoms with E-state index in [1.807, 2.05) is 13.1 Å². The highest BCUT2D eigenvalue weighted by atomic mass is 16.1. The van der Waals surface area contributed by atoms with Crippen molar-refractivity contribution >= 4 is 5.91 Å². The number of carbonyl (C=O) groups excluding carboxylic acids is 1. The van der Waals surface area contributed by atoms with Gasteiger partial charge in [0, 0.05) is 6.54 Å². The number of benzene rings is 1. The molecule has 0 aliphatic rings. The van der Waals surface area contributed by atoms with Gasteiger partial charge in [-0.25, -0.2) is 0 Å². The molecule has 3 heteroatoms. The lowest BCUT2D eigenvalue weighted by Crippen LogP contribution is -2.33. The minimum Gasteiger partial charge on any atom is -0.355 e. The molecule has 0 aromatic heterocycles. The predicted octanol–water partition coefficient (Wildman–Crippen LogP) is 1.82. The third-order valence-corrected chi connectivity index (χ3v) is 3.14. The van der Waals surface area contributed by atoms with Gasteiger partial charge in [-0.15, -0.1) is 0 Å². The van der Waals surface area contributed by atoms with E-state index < -0.39 is 0 Å². The normalized spacial score (nSPS) is 12.2. The highest BCUT2D eigenvalue weighted by Gasteiger charge is 2.06. The van der Waals surface area contributed by atoms with Crippen LogP contribution in [0.4, 0.5) is 0 Å². The summed E-state index contributed by atoms with van der Waals surface area (Å²) < 4.78 is 0. The molecule has 0 aliphatic carbocycles. The molecule has 1 aromatic carbocycles. The maximum absolute atomic E-state index is 11.8. The van der Waals surface area contributed by atoms with Gasteiger partial charge in [0.1, 0.15) is 0 Å². The van der Waals surface area contributed by atoms with E-state index in [0.717, 1.165) is 18.7 Å². The van der Waals surface area contributed by atoms with Crippen LogP contribution in [0.2, 0.25) is 0 Å². The first-order chi connectivity index (χ1) is 8.52. The highest BCUT2D eigenvalue weighted by Crippen LogP contribution is 2.10. The Morgan fingerprint density at radius 3 is 2.56 bits per heavy atom. The Kier molecular flexibility index (Phi) is 5.86. The van der Waals surface area contributed by atoms with Crippen molar-refractivity contribution in [1.82, 2.24) is 10.6 Å². The first-order valence-electron chi connectivity index (χ1n) is 6.50. The molecular formula is C15H24N2O. The summed E-state index contributed by atoms with van der Waals surface area (Å²) in [6, 6.07) is 6.19. The Morgan fingerprint density at radius 2 is 1.94 bits per heavy atom. The molecule has 0 saturated carbocycles. The summed E-state index contributed by atoms with van der Waals surface area (Å²) in [4.78, 5) is 11.8. The van der Waals surface area contributed by atoms with Gasteiger partial charge < -0.3 is 10.6 Å². The fraction of sp³-hybridized carbons (Fsp3) is 0.533. The molecule has 1 aromatic rings. The van der Waals surface area contributed by atoms with Gasteiger partial charge in [-0.1, -0.05) is 25.1 Å². The third kappa shape index (κ3) is 4.88. The van der Waals surface area contributed by atoms with Gasteiger partial charge in [0.2, 0.25) is 5.91 Å². The van der Waals surface area contributed by atoms with Gasteiger partial charge in [0.05, 0.1) is 6.42 Å². The lowest BCUT2D eigenvalue weighted by Gasteiger charge is -2.12. The molecule has 0 aliphatic heterocycles. The van der Waals surface area contributed by atoms with E-state index in [1.165, 1.54) is 11.1 Å². The van der Waals surface area contributed by atoms with Crippen LogP contribution in [0.3, 0.4) is 0 Å². The van der Waals surface area contributed by atoms with Crippen LogP contribution in [0.15, 0.2) is 18.2 Å². The van der Waals surface area contributed by atoms with Gasteiger partial charge in [-0.3, -0.25) is 4.79 Å². The summed E-state index contributed by atoms with van der Waals surface area (Å²) in [5.41, 5.74) is 3.59. The average Bonchev–Trinajstić information content (AvgIpc) is 2.32. The largest absolute Gasteiger partial charge is 0.355 e. The second-order valence-electron chi connectivity index (χ2n) is 5.06. The molecule has 1 rings (SSSR count). The summed E-state index contributed by atoms with van der Waals surface area (Å²) in [6.07, 6.45) is 0.466. The van der Waals surface area contributed by atoms with E-state index in [9.17, 15) is 4.79 Å². The first-order valence-corrected chi connectivity index (χ1v) is 6.50. The molecule has 0 fully saturated rings. The molecule has 2 N–H and O–H groups in total. The van der Waals surface area contributed by atoms with E-state index in [0.29, 0.717) is 12.3 Å². The monoisotopic (exact) mass is 248 g/mol.